The summed E-state index contributed by atoms with van der Waals surface area (Å²) in [6.45, 7) is 5.43. The van der Waals surface area contributed by atoms with Gasteiger partial charge in [-0.2, -0.15) is 0 Å². The molecule has 0 spiro atoms. The Labute approximate surface area is 136 Å². The summed E-state index contributed by atoms with van der Waals surface area (Å²) in [4.78, 5) is 0. The molecule has 0 saturated heterocycles. The summed E-state index contributed by atoms with van der Waals surface area (Å²) >= 11 is 3.62. The third-order valence-electron chi connectivity index (χ3n) is 4.65. The fourth-order valence-corrected chi connectivity index (χ4v) is 3.91. The van der Waals surface area contributed by atoms with Crippen molar-refractivity contribution in [2.75, 3.05) is 0 Å². The molecule has 2 saturated carbocycles. The maximum atomic E-state index is 6.43. The van der Waals surface area contributed by atoms with Crippen LogP contribution in [0.4, 0.5) is 0 Å². The van der Waals surface area contributed by atoms with E-state index in [0.717, 1.165) is 28.7 Å². The van der Waals surface area contributed by atoms with Crippen LogP contribution < -0.4 is 10.1 Å². The van der Waals surface area contributed by atoms with E-state index in [1.54, 1.807) is 0 Å². The summed E-state index contributed by atoms with van der Waals surface area (Å²) in [5.74, 6) is 1.91. The van der Waals surface area contributed by atoms with Gasteiger partial charge < -0.3 is 10.1 Å². The summed E-state index contributed by atoms with van der Waals surface area (Å²) in [5, 5.41) is 3.61. The van der Waals surface area contributed by atoms with Gasteiger partial charge in [-0.3, -0.25) is 0 Å². The normalized spacial score (nSPS) is 25.9. The van der Waals surface area contributed by atoms with Crippen molar-refractivity contribution in [1.82, 2.24) is 5.32 Å². The van der Waals surface area contributed by atoms with E-state index in [4.69, 9.17) is 4.74 Å². The van der Waals surface area contributed by atoms with Crippen molar-refractivity contribution in [3.8, 4) is 5.75 Å². The summed E-state index contributed by atoms with van der Waals surface area (Å²) in [5.41, 5.74) is 2.54. The first-order valence-electron chi connectivity index (χ1n) is 8.31. The highest BCUT2D eigenvalue weighted by molar-refractivity contribution is 9.10. The molecule has 3 heteroatoms. The van der Waals surface area contributed by atoms with Gasteiger partial charge in [-0.05, 0) is 62.6 Å². The van der Waals surface area contributed by atoms with Crippen molar-refractivity contribution >= 4 is 15.9 Å². The molecule has 0 radical (unpaired) electrons. The first-order valence-corrected chi connectivity index (χ1v) is 9.10. The number of halogens is 1. The molecule has 2 aliphatic carbocycles. The SMILES string of the molecule is Cc1cc(Br)cc(CNC2CC2)c1OC1CCCC(C)C1. The second-order valence-corrected chi connectivity index (χ2v) is 7.79. The molecular formula is C18H26BrNO. The van der Waals surface area contributed by atoms with Gasteiger partial charge >= 0.3 is 0 Å². The van der Waals surface area contributed by atoms with Crippen LogP contribution in [0, 0.1) is 12.8 Å². The van der Waals surface area contributed by atoms with E-state index >= 15 is 0 Å². The highest BCUT2D eigenvalue weighted by Gasteiger charge is 2.24. The van der Waals surface area contributed by atoms with Crippen LogP contribution in [0.25, 0.3) is 0 Å². The lowest BCUT2D eigenvalue weighted by Gasteiger charge is -2.29. The molecule has 0 heterocycles. The minimum absolute atomic E-state index is 0.397. The molecule has 1 aromatic rings. The maximum absolute atomic E-state index is 6.43. The Bertz CT molecular complexity index is 498. The lowest BCUT2D eigenvalue weighted by molar-refractivity contribution is 0.127. The van der Waals surface area contributed by atoms with E-state index in [0.29, 0.717) is 6.10 Å². The fourth-order valence-electron chi connectivity index (χ4n) is 3.29. The topological polar surface area (TPSA) is 21.3 Å². The van der Waals surface area contributed by atoms with Gasteiger partial charge in [0.2, 0.25) is 0 Å². The van der Waals surface area contributed by atoms with Crippen LogP contribution in [0.5, 0.6) is 5.75 Å². The average molecular weight is 352 g/mol. The molecule has 1 N–H and O–H groups in total. The van der Waals surface area contributed by atoms with E-state index < -0.39 is 0 Å². The summed E-state index contributed by atoms with van der Waals surface area (Å²) in [6, 6.07) is 5.11. The first-order chi connectivity index (χ1) is 10.1. The second-order valence-electron chi connectivity index (χ2n) is 6.88. The molecule has 0 aromatic heterocycles. The number of ether oxygens (including phenoxy) is 1. The highest BCUT2D eigenvalue weighted by Crippen LogP contribution is 2.33. The predicted octanol–water partition coefficient (Wildman–Crippen LogP) is 4.97. The minimum atomic E-state index is 0.397. The molecule has 2 fully saturated rings. The van der Waals surface area contributed by atoms with Gasteiger partial charge in [-0.15, -0.1) is 0 Å². The highest BCUT2D eigenvalue weighted by atomic mass is 79.9. The van der Waals surface area contributed by atoms with Gasteiger partial charge in [0.25, 0.3) is 0 Å². The number of nitrogens with one attached hydrogen (secondary N) is 1. The third kappa shape index (κ3) is 4.23. The summed E-state index contributed by atoms with van der Waals surface area (Å²) < 4.78 is 7.58. The fraction of sp³-hybridized carbons (Fsp3) is 0.667. The lowest BCUT2D eigenvalue weighted by atomic mass is 9.88. The molecule has 0 aliphatic heterocycles. The van der Waals surface area contributed by atoms with Crippen LogP contribution in [0.3, 0.4) is 0 Å². The quantitative estimate of drug-likeness (QED) is 0.808. The van der Waals surface area contributed by atoms with Crippen molar-refractivity contribution in [1.29, 1.82) is 0 Å². The zero-order valence-electron chi connectivity index (χ0n) is 13.1. The smallest absolute Gasteiger partial charge is 0.127 e. The number of rotatable bonds is 5. The molecule has 116 valence electrons. The van der Waals surface area contributed by atoms with Crippen LogP contribution in [-0.2, 0) is 6.54 Å². The zero-order chi connectivity index (χ0) is 14.8. The molecule has 1 aromatic carbocycles. The molecular weight excluding hydrogens is 326 g/mol. The van der Waals surface area contributed by atoms with Crippen molar-refractivity contribution < 1.29 is 4.74 Å². The van der Waals surface area contributed by atoms with Crippen molar-refractivity contribution in [2.24, 2.45) is 5.92 Å². The van der Waals surface area contributed by atoms with Gasteiger partial charge in [0.15, 0.2) is 0 Å². The lowest BCUT2D eigenvalue weighted by Crippen LogP contribution is -2.25. The molecule has 21 heavy (non-hydrogen) atoms. The molecule has 3 rings (SSSR count). The van der Waals surface area contributed by atoms with Crippen LogP contribution in [0.2, 0.25) is 0 Å². The molecule has 2 aliphatic rings. The van der Waals surface area contributed by atoms with Crippen molar-refractivity contribution in [3.63, 3.8) is 0 Å². The van der Waals surface area contributed by atoms with E-state index in [1.807, 2.05) is 0 Å². The van der Waals surface area contributed by atoms with Crippen LogP contribution in [0.15, 0.2) is 16.6 Å². The molecule has 2 atom stereocenters. The number of hydrogen-bond donors (Lipinski definition) is 1. The molecule has 2 unspecified atom stereocenters. The molecule has 0 bridgehead atoms. The number of benzene rings is 1. The minimum Gasteiger partial charge on any atom is -0.490 e. The van der Waals surface area contributed by atoms with E-state index in [9.17, 15) is 0 Å². The monoisotopic (exact) mass is 351 g/mol. The Morgan fingerprint density at radius 1 is 1.24 bits per heavy atom. The predicted molar refractivity (Wildman–Crippen MR) is 90.8 cm³/mol. The second kappa shape index (κ2) is 6.70. The summed E-state index contributed by atoms with van der Waals surface area (Å²) in [7, 11) is 0. The number of hydrogen-bond acceptors (Lipinski definition) is 2. The van der Waals surface area contributed by atoms with Gasteiger partial charge in [0.1, 0.15) is 5.75 Å². The molecule has 2 nitrogen and oxygen atoms in total. The van der Waals surface area contributed by atoms with Crippen molar-refractivity contribution in [3.05, 3.63) is 27.7 Å². The zero-order valence-corrected chi connectivity index (χ0v) is 14.7. The van der Waals surface area contributed by atoms with E-state index in [1.165, 1.54) is 49.7 Å². The molecule has 0 amide bonds. The largest absolute Gasteiger partial charge is 0.490 e. The van der Waals surface area contributed by atoms with Crippen LogP contribution >= 0.6 is 15.9 Å². The van der Waals surface area contributed by atoms with E-state index in [-0.39, 0.29) is 0 Å². The van der Waals surface area contributed by atoms with Crippen molar-refractivity contribution in [2.45, 2.75) is 71.1 Å². The Morgan fingerprint density at radius 3 is 2.76 bits per heavy atom. The Hall–Kier alpha value is -0.540. The van der Waals surface area contributed by atoms with Crippen LogP contribution in [-0.4, -0.2) is 12.1 Å². The Balaban J connectivity index is 1.74. The van der Waals surface area contributed by atoms with Gasteiger partial charge in [-0.1, -0.05) is 29.3 Å². The maximum Gasteiger partial charge on any atom is 0.127 e. The van der Waals surface area contributed by atoms with Gasteiger partial charge in [-0.25, -0.2) is 0 Å². The van der Waals surface area contributed by atoms with Crippen LogP contribution in [0.1, 0.15) is 56.6 Å². The Morgan fingerprint density at radius 2 is 2.05 bits per heavy atom. The Kier molecular flexibility index (Phi) is 4.90. The third-order valence-corrected chi connectivity index (χ3v) is 5.11. The van der Waals surface area contributed by atoms with E-state index in [2.05, 4.69) is 47.2 Å². The standard InChI is InChI=1S/C18H26BrNO/c1-12-4-3-5-17(8-12)21-18-13(2)9-15(19)10-14(18)11-20-16-6-7-16/h9-10,12,16-17,20H,3-8,11H2,1-2H3. The number of aryl methyl sites for hydroxylation is 1. The summed E-state index contributed by atoms with van der Waals surface area (Å²) in [6.07, 6.45) is 8.10. The van der Waals surface area contributed by atoms with Gasteiger partial charge in [0, 0.05) is 22.6 Å². The average Bonchev–Trinajstić information content (AvgIpc) is 3.24. The van der Waals surface area contributed by atoms with Gasteiger partial charge in [0.05, 0.1) is 6.10 Å². The first kappa shape index (κ1) is 15.4.